The normalized spacial score (nSPS) is 18.9. The number of aliphatic hydroxyl groups is 2. The Kier molecular flexibility index (Phi) is 14.2. The van der Waals surface area contributed by atoms with E-state index < -0.39 is 24.2 Å². The lowest BCUT2D eigenvalue weighted by Gasteiger charge is -2.40. The summed E-state index contributed by atoms with van der Waals surface area (Å²) in [5.41, 5.74) is 0.691. The van der Waals surface area contributed by atoms with E-state index >= 15 is 0 Å². The number of amides is 2. The number of nitrogens with one attached hydrogen (secondary N) is 1. The van der Waals surface area contributed by atoms with Crippen LogP contribution in [-0.4, -0.2) is 104 Å². The van der Waals surface area contributed by atoms with Gasteiger partial charge in [0.2, 0.25) is 11.8 Å². The van der Waals surface area contributed by atoms with Crippen molar-refractivity contribution in [1.82, 2.24) is 10.2 Å². The third kappa shape index (κ3) is 9.71. The number of carbonyl (C=O) groups excluding carboxylic acids is 3. The molecule has 0 aliphatic heterocycles. The highest BCUT2D eigenvalue weighted by atomic mass is 127. The molecule has 0 fully saturated rings. The predicted molar refractivity (Wildman–Crippen MR) is 152 cm³/mol. The molecule has 3 atom stereocenters. The molecule has 1 aliphatic carbocycles. The first-order valence-electron chi connectivity index (χ1n) is 12.9. The summed E-state index contributed by atoms with van der Waals surface area (Å²) in [7, 11) is 1.43. The number of hydrogen-bond donors (Lipinski definition) is 3. The Labute approximate surface area is 242 Å². The van der Waals surface area contributed by atoms with Crippen molar-refractivity contribution in [3.8, 4) is 11.5 Å². The Balaban J connectivity index is 2.45. The van der Waals surface area contributed by atoms with Gasteiger partial charge in [-0.05, 0) is 68.0 Å². The summed E-state index contributed by atoms with van der Waals surface area (Å²) < 4.78 is 23.2. The summed E-state index contributed by atoms with van der Waals surface area (Å²) in [6, 6.07) is 2.32. The molecule has 1 aromatic rings. The van der Waals surface area contributed by atoms with Crippen molar-refractivity contribution < 1.29 is 43.5 Å². The molecule has 2 rings (SSSR count). The zero-order chi connectivity index (χ0) is 28.9. The molecular formula is C27H39IN2O9. The molecule has 0 radical (unpaired) electrons. The quantitative estimate of drug-likeness (QED) is 0.137. The number of methoxy groups -OCH3 is 1. The monoisotopic (exact) mass is 662 g/mol. The summed E-state index contributed by atoms with van der Waals surface area (Å²) in [6.07, 6.45) is 0.584. The van der Waals surface area contributed by atoms with Crippen LogP contribution in [0, 0.1) is 3.57 Å². The zero-order valence-corrected chi connectivity index (χ0v) is 25.0. The molecule has 0 bridgehead atoms. The Morgan fingerprint density at radius 1 is 1.31 bits per heavy atom. The number of ether oxygens (including phenoxy) is 4. The van der Waals surface area contributed by atoms with Crippen molar-refractivity contribution in [3.63, 3.8) is 0 Å². The minimum absolute atomic E-state index is 0.0310. The molecule has 218 valence electrons. The highest BCUT2D eigenvalue weighted by Crippen LogP contribution is 2.37. The van der Waals surface area contributed by atoms with Crippen molar-refractivity contribution >= 4 is 40.7 Å². The number of benzene rings is 1. The van der Waals surface area contributed by atoms with Crippen LogP contribution < -0.4 is 14.8 Å². The fourth-order valence-electron chi connectivity index (χ4n) is 4.14. The van der Waals surface area contributed by atoms with Gasteiger partial charge >= 0.3 is 0 Å². The Morgan fingerprint density at radius 2 is 2.05 bits per heavy atom. The number of aldehydes is 1. The average Bonchev–Trinajstić information content (AvgIpc) is 2.92. The second-order valence-electron chi connectivity index (χ2n) is 9.17. The highest BCUT2D eigenvalue weighted by molar-refractivity contribution is 14.1. The second kappa shape index (κ2) is 16.8. The van der Waals surface area contributed by atoms with E-state index in [1.807, 2.05) is 36.4 Å². The number of rotatable bonds is 16. The van der Waals surface area contributed by atoms with Crippen LogP contribution in [0.3, 0.4) is 0 Å². The molecule has 0 heterocycles. The summed E-state index contributed by atoms with van der Waals surface area (Å²) in [5.74, 6) is -0.193. The van der Waals surface area contributed by atoms with Gasteiger partial charge in [0.15, 0.2) is 11.5 Å². The van der Waals surface area contributed by atoms with Crippen LogP contribution in [0.25, 0.3) is 0 Å². The summed E-state index contributed by atoms with van der Waals surface area (Å²) in [5, 5.41) is 23.3. The van der Waals surface area contributed by atoms with Gasteiger partial charge in [0.05, 0.1) is 29.4 Å². The van der Waals surface area contributed by atoms with Crippen molar-refractivity contribution in [2.24, 2.45) is 0 Å². The largest absolute Gasteiger partial charge is 0.493 e. The van der Waals surface area contributed by atoms with E-state index in [0.29, 0.717) is 40.6 Å². The third-order valence-electron chi connectivity index (χ3n) is 6.00. The van der Waals surface area contributed by atoms with E-state index in [2.05, 4.69) is 5.32 Å². The minimum Gasteiger partial charge on any atom is -0.493 e. The van der Waals surface area contributed by atoms with Crippen LogP contribution in [0.1, 0.15) is 44.0 Å². The first-order valence-corrected chi connectivity index (χ1v) is 14.0. The molecule has 0 spiro atoms. The Hall–Kier alpha value is -2.26. The van der Waals surface area contributed by atoms with Crippen molar-refractivity contribution in [1.29, 1.82) is 0 Å². The maximum Gasteiger partial charge on any atom is 0.248 e. The molecule has 12 heteroatoms. The van der Waals surface area contributed by atoms with E-state index in [-0.39, 0.29) is 56.2 Å². The van der Waals surface area contributed by atoms with Crippen molar-refractivity contribution in [2.75, 3.05) is 46.6 Å². The van der Waals surface area contributed by atoms with E-state index in [9.17, 15) is 24.6 Å². The second-order valence-corrected chi connectivity index (χ2v) is 10.3. The maximum atomic E-state index is 13.2. The van der Waals surface area contributed by atoms with Gasteiger partial charge in [-0.2, -0.15) is 0 Å². The van der Waals surface area contributed by atoms with Crippen LogP contribution in [0.4, 0.5) is 0 Å². The van der Waals surface area contributed by atoms with Crippen molar-refractivity contribution in [2.45, 2.75) is 58.0 Å². The van der Waals surface area contributed by atoms with Gasteiger partial charge in [-0.3, -0.25) is 14.4 Å². The summed E-state index contributed by atoms with van der Waals surface area (Å²) in [6.45, 7) is 6.29. The predicted octanol–water partition coefficient (Wildman–Crippen LogP) is 1.71. The standard InChI is InChI=1S/C27H39IN2O9/c1-5-37-16-24(33)30(8-6-10-38-17(2)3)21-13-19(27(35)29-7-9-31)14-22(25(21)34)39-26-20(28)11-18(15-32)12-23(26)36-4/h11-12,14-15,17,21-22,25,31,34H,5-10,13,16H2,1-4H3,(H,29,35)/t21-,22+,25+/m1/s1. The van der Waals surface area contributed by atoms with Gasteiger partial charge in [-0.1, -0.05) is 0 Å². The lowest BCUT2D eigenvalue weighted by atomic mass is 9.88. The first kappa shape index (κ1) is 32.9. The fourth-order valence-corrected chi connectivity index (χ4v) is 4.89. The van der Waals surface area contributed by atoms with Gasteiger partial charge in [0.1, 0.15) is 25.1 Å². The molecule has 11 nitrogen and oxygen atoms in total. The Morgan fingerprint density at radius 3 is 2.67 bits per heavy atom. The van der Waals surface area contributed by atoms with Gasteiger partial charge in [0, 0.05) is 43.9 Å². The third-order valence-corrected chi connectivity index (χ3v) is 6.80. The van der Waals surface area contributed by atoms with Crippen LogP contribution >= 0.6 is 22.6 Å². The van der Waals surface area contributed by atoms with Crippen LogP contribution in [-0.2, 0) is 19.1 Å². The molecule has 0 saturated carbocycles. The van der Waals surface area contributed by atoms with E-state index in [0.717, 1.165) is 0 Å². The first-order chi connectivity index (χ1) is 18.7. The van der Waals surface area contributed by atoms with Crippen molar-refractivity contribution in [3.05, 3.63) is 32.9 Å². The molecule has 0 aromatic heterocycles. The van der Waals surface area contributed by atoms with Crippen LogP contribution in [0.2, 0.25) is 0 Å². The Bertz CT molecular complexity index is 1000. The number of halogens is 1. The van der Waals surface area contributed by atoms with E-state index in [4.69, 9.17) is 18.9 Å². The molecule has 2 amide bonds. The number of nitrogens with zero attached hydrogens (tertiary/aromatic N) is 1. The lowest BCUT2D eigenvalue weighted by molar-refractivity contribution is -0.143. The average molecular weight is 663 g/mol. The topological polar surface area (TPSA) is 144 Å². The smallest absolute Gasteiger partial charge is 0.248 e. The van der Waals surface area contributed by atoms with E-state index in [1.165, 1.54) is 24.2 Å². The molecule has 0 saturated heterocycles. The number of aliphatic hydroxyl groups excluding tert-OH is 2. The minimum atomic E-state index is -1.21. The van der Waals surface area contributed by atoms with Crippen LogP contribution in [0.15, 0.2) is 23.8 Å². The molecule has 0 unspecified atom stereocenters. The highest BCUT2D eigenvalue weighted by Gasteiger charge is 2.40. The summed E-state index contributed by atoms with van der Waals surface area (Å²) in [4.78, 5) is 39.0. The summed E-state index contributed by atoms with van der Waals surface area (Å²) >= 11 is 2.00. The maximum absolute atomic E-state index is 13.2. The van der Waals surface area contributed by atoms with Gasteiger partial charge < -0.3 is 39.4 Å². The van der Waals surface area contributed by atoms with Gasteiger partial charge in [-0.25, -0.2) is 0 Å². The number of hydrogen-bond acceptors (Lipinski definition) is 9. The molecule has 1 aliphatic rings. The zero-order valence-electron chi connectivity index (χ0n) is 22.9. The van der Waals surface area contributed by atoms with Gasteiger partial charge in [0.25, 0.3) is 0 Å². The lowest BCUT2D eigenvalue weighted by Crippen LogP contribution is -2.56. The van der Waals surface area contributed by atoms with Gasteiger partial charge in [-0.15, -0.1) is 0 Å². The van der Waals surface area contributed by atoms with E-state index in [1.54, 1.807) is 13.0 Å². The van der Waals surface area contributed by atoms with Crippen LogP contribution in [0.5, 0.6) is 11.5 Å². The molecule has 1 aromatic carbocycles. The SMILES string of the molecule is CCOCC(=O)N(CCCOC(C)C)[C@@H]1CC(C(=O)NCCO)=C[C@H](Oc2c(I)cc(C=O)cc2OC)[C@H]1O. The fraction of sp³-hybridized carbons (Fsp3) is 0.593. The molecule has 39 heavy (non-hydrogen) atoms. The number of carbonyl (C=O) groups is 3. The molecular weight excluding hydrogens is 623 g/mol. The molecule has 3 N–H and O–H groups in total.